The molecule has 0 fully saturated rings. The van der Waals surface area contributed by atoms with Crippen molar-refractivity contribution in [1.29, 1.82) is 0 Å². The van der Waals surface area contributed by atoms with Crippen LogP contribution in [0.25, 0.3) is 0 Å². The summed E-state index contributed by atoms with van der Waals surface area (Å²) in [5, 5.41) is 0. The van der Waals surface area contributed by atoms with Gasteiger partial charge in [-0.15, -0.1) is 4.89 Å². The topological polar surface area (TPSA) is 63.6 Å². The lowest BCUT2D eigenvalue weighted by Gasteiger charge is -2.06. The third-order valence-electron chi connectivity index (χ3n) is 0.399. The van der Waals surface area contributed by atoms with Crippen molar-refractivity contribution >= 4 is 16.0 Å². The van der Waals surface area contributed by atoms with Gasteiger partial charge in [-0.2, -0.15) is 4.20 Å². The van der Waals surface area contributed by atoms with Crippen LogP contribution >= 0.6 is 16.0 Å². The Labute approximate surface area is 70.5 Å². The minimum absolute atomic E-state index is 0.296. The molecule has 2 atom stereocenters. The van der Waals surface area contributed by atoms with Crippen molar-refractivity contribution in [3.8, 4) is 0 Å². The Balaban J connectivity index is 0. The van der Waals surface area contributed by atoms with E-state index in [2.05, 4.69) is 4.52 Å². The molecule has 12 heavy (non-hydrogen) atoms. The molecule has 4 nitrogen and oxygen atoms in total. The molecular formula is C4H11F2O4P2+. The Bertz CT molecular complexity index is 174. The highest BCUT2D eigenvalue weighted by Crippen LogP contribution is 2.44. The summed E-state index contributed by atoms with van der Waals surface area (Å²) in [6.45, 7) is 4.22. The first kappa shape index (κ1) is 14.6. The molecule has 0 aromatic rings. The molecule has 0 rings (SSSR count). The minimum atomic E-state index is -3.72. The number of halogens is 2. The van der Waals surface area contributed by atoms with Crippen LogP contribution in [0.4, 0.5) is 8.39 Å². The standard InChI is InChI=1S/C4H10FO2P.FO2P/c1-4(2)7-8(3,5)6;1-4(2)3/h4H,1-3H3;/p+1. The van der Waals surface area contributed by atoms with Crippen LogP contribution in [0.3, 0.4) is 0 Å². The summed E-state index contributed by atoms with van der Waals surface area (Å²) in [7, 11) is -7.09. The van der Waals surface area contributed by atoms with Gasteiger partial charge >= 0.3 is 16.0 Å². The van der Waals surface area contributed by atoms with Crippen LogP contribution < -0.4 is 0 Å². The van der Waals surface area contributed by atoms with Gasteiger partial charge in [-0.05, 0) is 13.8 Å². The Morgan fingerprint density at radius 2 is 1.83 bits per heavy atom. The molecule has 0 aromatic carbocycles. The van der Waals surface area contributed by atoms with E-state index in [9.17, 15) is 13.0 Å². The van der Waals surface area contributed by atoms with Crippen LogP contribution in [0.2, 0.25) is 0 Å². The number of rotatable bonds is 2. The lowest BCUT2D eigenvalue weighted by molar-refractivity contribution is 0.227. The van der Waals surface area contributed by atoms with Gasteiger partial charge in [0, 0.05) is 11.2 Å². The number of hydrogen-bond donors (Lipinski definition) is 1. The minimum Gasteiger partial charge on any atom is -0.303 e. The van der Waals surface area contributed by atoms with Crippen LogP contribution in [0.5, 0.6) is 0 Å². The van der Waals surface area contributed by atoms with Gasteiger partial charge in [-0.1, -0.05) is 0 Å². The maximum absolute atomic E-state index is 12.0. The van der Waals surface area contributed by atoms with E-state index in [1.807, 2.05) is 0 Å². The summed E-state index contributed by atoms with van der Waals surface area (Å²) in [5.41, 5.74) is 0. The highest BCUT2D eigenvalue weighted by molar-refractivity contribution is 7.52. The average Bonchev–Trinajstić information content (AvgIpc) is 1.52. The van der Waals surface area contributed by atoms with Crippen molar-refractivity contribution < 1.29 is 26.9 Å². The summed E-state index contributed by atoms with van der Waals surface area (Å²) in [5.74, 6) is 0. The van der Waals surface area contributed by atoms with E-state index >= 15 is 0 Å². The van der Waals surface area contributed by atoms with Gasteiger partial charge in [0.05, 0.1) is 10.3 Å². The van der Waals surface area contributed by atoms with Crippen molar-refractivity contribution in [1.82, 2.24) is 0 Å². The largest absolute Gasteiger partial charge is 0.743 e. The Morgan fingerprint density at radius 1 is 1.58 bits per heavy atom. The molecular weight excluding hydrogens is 212 g/mol. The zero-order valence-corrected chi connectivity index (χ0v) is 8.69. The first-order valence-corrected chi connectivity index (χ1v) is 5.99. The lowest BCUT2D eigenvalue weighted by atomic mass is 10.5. The average molecular weight is 223 g/mol. The second kappa shape index (κ2) is 6.61. The predicted octanol–water partition coefficient (Wildman–Crippen LogP) is 2.81. The van der Waals surface area contributed by atoms with Gasteiger partial charge in [-0.25, -0.2) is 0 Å². The van der Waals surface area contributed by atoms with Gasteiger partial charge < -0.3 is 4.52 Å². The van der Waals surface area contributed by atoms with Crippen molar-refractivity contribution in [3.63, 3.8) is 0 Å². The molecule has 0 aromatic heterocycles. The van der Waals surface area contributed by atoms with Gasteiger partial charge in [0.15, 0.2) is 0 Å². The van der Waals surface area contributed by atoms with Gasteiger partial charge in [0.25, 0.3) is 0 Å². The van der Waals surface area contributed by atoms with E-state index in [-0.39, 0.29) is 6.10 Å². The van der Waals surface area contributed by atoms with Crippen LogP contribution in [0.15, 0.2) is 0 Å². The highest BCUT2D eigenvalue weighted by Gasteiger charge is 2.13. The summed E-state index contributed by atoms with van der Waals surface area (Å²) >= 11 is 0. The molecule has 1 N–H and O–H groups in total. The van der Waals surface area contributed by atoms with Crippen LogP contribution in [0, 0.1) is 0 Å². The normalized spacial score (nSPS) is 16.1. The molecule has 0 aliphatic rings. The fraction of sp³-hybridized carbons (Fsp3) is 1.00. The zero-order chi connectivity index (χ0) is 10.4. The maximum atomic E-state index is 12.0. The van der Waals surface area contributed by atoms with E-state index < -0.39 is 16.0 Å². The SMILES string of the molecule is CC(C)OP(C)(=O)F.O=[P+](O)F. The van der Waals surface area contributed by atoms with E-state index in [0.29, 0.717) is 0 Å². The smallest absolute Gasteiger partial charge is 0.303 e. The summed E-state index contributed by atoms with van der Waals surface area (Å²) in [6, 6.07) is 0. The van der Waals surface area contributed by atoms with Crippen LogP contribution in [0.1, 0.15) is 13.8 Å². The zero-order valence-electron chi connectivity index (χ0n) is 6.90. The van der Waals surface area contributed by atoms with Gasteiger partial charge in [0.2, 0.25) is 0 Å². The summed E-state index contributed by atoms with van der Waals surface area (Å²) in [4.78, 5) is 6.90. The second-order valence-electron chi connectivity index (χ2n) is 2.13. The van der Waals surface area contributed by atoms with Crippen molar-refractivity contribution in [3.05, 3.63) is 0 Å². The molecule has 0 heterocycles. The van der Waals surface area contributed by atoms with Gasteiger partial charge in [-0.3, -0.25) is 4.57 Å². The Kier molecular flexibility index (Phi) is 8.05. The molecule has 74 valence electrons. The summed E-state index contributed by atoms with van der Waals surface area (Å²) in [6.07, 6.45) is -0.296. The molecule has 2 unspecified atom stereocenters. The molecule has 0 aliphatic carbocycles. The molecule has 0 radical (unpaired) electrons. The third-order valence-corrected chi connectivity index (χ3v) is 1.20. The van der Waals surface area contributed by atoms with E-state index in [4.69, 9.17) is 9.46 Å². The monoisotopic (exact) mass is 223 g/mol. The predicted molar refractivity (Wildman–Crippen MR) is 41.8 cm³/mol. The Hall–Kier alpha value is 0.110. The first-order valence-electron chi connectivity index (χ1n) is 2.92. The fourth-order valence-corrected chi connectivity index (χ4v) is 1.13. The van der Waals surface area contributed by atoms with Crippen LogP contribution in [-0.4, -0.2) is 17.7 Å². The fourth-order valence-electron chi connectivity index (χ4n) is 0.377. The summed E-state index contributed by atoms with van der Waals surface area (Å²) < 4.78 is 45.0. The molecule has 8 heteroatoms. The molecule has 0 spiro atoms. The van der Waals surface area contributed by atoms with E-state index in [1.165, 1.54) is 0 Å². The van der Waals surface area contributed by atoms with E-state index in [1.54, 1.807) is 13.8 Å². The second-order valence-corrected chi connectivity index (χ2v) is 4.28. The van der Waals surface area contributed by atoms with E-state index in [0.717, 1.165) is 6.66 Å². The molecule has 0 saturated carbocycles. The van der Waals surface area contributed by atoms with Crippen molar-refractivity contribution in [2.75, 3.05) is 6.66 Å². The van der Waals surface area contributed by atoms with Gasteiger partial charge in [0.1, 0.15) is 0 Å². The maximum Gasteiger partial charge on any atom is 0.743 e. The highest BCUT2D eigenvalue weighted by atomic mass is 31.2. The Morgan fingerprint density at radius 3 is 1.83 bits per heavy atom. The molecule has 0 saturated heterocycles. The molecule has 0 aliphatic heterocycles. The lowest BCUT2D eigenvalue weighted by Crippen LogP contribution is -1.96. The third kappa shape index (κ3) is 32.1. The molecule has 0 amide bonds. The molecule has 0 bridgehead atoms. The van der Waals surface area contributed by atoms with Crippen molar-refractivity contribution in [2.45, 2.75) is 20.0 Å². The van der Waals surface area contributed by atoms with Crippen molar-refractivity contribution in [2.24, 2.45) is 0 Å². The van der Waals surface area contributed by atoms with Crippen LogP contribution in [-0.2, 0) is 13.7 Å². The quantitative estimate of drug-likeness (QED) is 0.731. The first-order chi connectivity index (χ1) is 5.15. The number of hydrogen-bond acceptors (Lipinski definition) is 3.